The summed E-state index contributed by atoms with van der Waals surface area (Å²) in [5.41, 5.74) is 3.86. The molecule has 192 valence electrons. The minimum absolute atomic E-state index is 0.119. The smallest absolute Gasteiger partial charge is 0.329 e. The van der Waals surface area contributed by atoms with E-state index < -0.39 is 30.1 Å². The Morgan fingerprint density at radius 3 is 2.16 bits per heavy atom. The number of carboxylic acids is 1. The van der Waals surface area contributed by atoms with E-state index in [4.69, 9.17) is 4.74 Å². The van der Waals surface area contributed by atoms with Crippen molar-refractivity contribution in [2.45, 2.75) is 57.5 Å². The summed E-state index contributed by atoms with van der Waals surface area (Å²) in [4.78, 5) is 40.2. The first-order valence-corrected chi connectivity index (χ1v) is 12.5. The molecule has 1 aliphatic rings. The van der Waals surface area contributed by atoms with E-state index in [-0.39, 0.29) is 19.1 Å². The number of esters is 1. The van der Waals surface area contributed by atoms with Gasteiger partial charge in [-0.25, -0.2) is 4.79 Å². The van der Waals surface area contributed by atoms with E-state index in [1.165, 1.54) is 4.90 Å². The van der Waals surface area contributed by atoms with Crippen LogP contribution in [-0.4, -0.2) is 46.0 Å². The second-order valence-electron chi connectivity index (χ2n) is 9.35. The number of benzene rings is 3. The molecule has 2 N–H and O–H groups in total. The van der Waals surface area contributed by atoms with Gasteiger partial charge < -0.3 is 14.7 Å². The van der Waals surface area contributed by atoms with E-state index in [1.807, 2.05) is 84.9 Å². The maximum absolute atomic E-state index is 13.6. The summed E-state index contributed by atoms with van der Waals surface area (Å²) in [5.74, 6) is -1.82. The van der Waals surface area contributed by atoms with Gasteiger partial charge in [-0.15, -0.1) is 0 Å². The zero-order chi connectivity index (χ0) is 26.2. The molecule has 7 heteroatoms. The van der Waals surface area contributed by atoms with E-state index in [1.54, 1.807) is 6.92 Å². The molecular formula is C30H32N2O5. The predicted molar refractivity (Wildman–Crippen MR) is 140 cm³/mol. The number of nitrogens with zero attached hydrogens (tertiary/aromatic N) is 1. The summed E-state index contributed by atoms with van der Waals surface area (Å²) in [6, 6.07) is 24.3. The maximum atomic E-state index is 13.6. The van der Waals surface area contributed by atoms with Crippen LogP contribution in [0.5, 0.6) is 0 Å². The van der Waals surface area contributed by atoms with Crippen LogP contribution < -0.4 is 5.32 Å². The molecule has 0 bridgehead atoms. The van der Waals surface area contributed by atoms with Crippen molar-refractivity contribution in [3.8, 4) is 0 Å². The standard InChI is InChI=1S/C30H32N2O5/c1-21(31-26(29(34)35)17-16-22-10-4-2-5-11-22)28(33)32-19-25-15-9-8-14-24(25)18-27(32)30(36)37-20-23-12-6-3-7-13-23/h2-15,21,26-27,31H,16-20H2,1H3,(H,34,35)/t21-,26?,27-/m0/s1. The van der Waals surface area contributed by atoms with Crippen LogP contribution in [0.1, 0.15) is 35.6 Å². The third-order valence-corrected chi connectivity index (χ3v) is 6.71. The Labute approximate surface area is 217 Å². The first-order valence-electron chi connectivity index (χ1n) is 12.5. The lowest BCUT2D eigenvalue weighted by atomic mass is 9.93. The fourth-order valence-corrected chi connectivity index (χ4v) is 4.65. The van der Waals surface area contributed by atoms with Crippen molar-refractivity contribution in [1.82, 2.24) is 10.2 Å². The Bertz CT molecular complexity index is 1210. The van der Waals surface area contributed by atoms with E-state index >= 15 is 0 Å². The fourth-order valence-electron chi connectivity index (χ4n) is 4.65. The molecule has 0 aliphatic carbocycles. The van der Waals surface area contributed by atoms with Gasteiger partial charge in [0.05, 0.1) is 6.04 Å². The van der Waals surface area contributed by atoms with Crippen LogP contribution in [0.25, 0.3) is 0 Å². The highest BCUT2D eigenvalue weighted by molar-refractivity contribution is 5.88. The Balaban J connectivity index is 1.46. The van der Waals surface area contributed by atoms with E-state index in [0.717, 1.165) is 22.3 Å². The number of hydrogen-bond acceptors (Lipinski definition) is 5. The summed E-state index contributed by atoms with van der Waals surface area (Å²) in [6.45, 7) is 2.02. The number of aliphatic carboxylic acids is 1. The van der Waals surface area contributed by atoms with Gasteiger partial charge in [0, 0.05) is 13.0 Å². The van der Waals surface area contributed by atoms with Crippen LogP contribution in [0.2, 0.25) is 0 Å². The zero-order valence-electron chi connectivity index (χ0n) is 20.9. The summed E-state index contributed by atoms with van der Waals surface area (Å²) in [5, 5.41) is 12.8. The molecule has 37 heavy (non-hydrogen) atoms. The molecule has 0 saturated carbocycles. The zero-order valence-corrected chi connectivity index (χ0v) is 20.9. The maximum Gasteiger partial charge on any atom is 0.329 e. The van der Waals surface area contributed by atoms with Gasteiger partial charge in [-0.05, 0) is 42.0 Å². The molecule has 3 aromatic carbocycles. The molecule has 0 fully saturated rings. The van der Waals surface area contributed by atoms with Crippen molar-refractivity contribution in [3.63, 3.8) is 0 Å². The van der Waals surface area contributed by atoms with Gasteiger partial charge in [0.15, 0.2) is 0 Å². The number of amides is 1. The molecule has 1 heterocycles. The lowest BCUT2D eigenvalue weighted by molar-refractivity contribution is -0.158. The molecular weight excluding hydrogens is 468 g/mol. The van der Waals surface area contributed by atoms with Crippen molar-refractivity contribution >= 4 is 17.8 Å². The molecule has 4 rings (SSSR count). The molecule has 0 spiro atoms. The Morgan fingerprint density at radius 2 is 1.51 bits per heavy atom. The third kappa shape index (κ3) is 6.83. The van der Waals surface area contributed by atoms with Crippen LogP contribution in [0.3, 0.4) is 0 Å². The second kappa shape index (κ2) is 12.3. The number of carbonyl (C=O) groups is 3. The average molecular weight is 501 g/mol. The number of carboxylic acid groups (broad SMARTS) is 1. The van der Waals surface area contributed by atoms with E-state index in [2.05, 4.69) is 5.32 Å². The summed E-state index contributed by atoms with van der Waals surface area (Å²) in [7, 11) is 0. The van der Waals surface area contributed by atoms with Gasteiger partial charge in [-0.1, -0.05) is 84.9 Å². The topological polar surface area (TPSA) is 95.9 Å². The third-order valence-electron chi connectivity index (χ3n) is 6.71. The van der Waals surface area contributed by atoms with Crippen molar-refractivity contribution < 1.29 is 24.2 Å². The Kier molecular flexibility index (Phi) is 8.69. The Morgan fingerprint density at radius 1 is 0.919 bits per heavy atom. The Hall–Kier alpha value is -3.97. The van der Waals surface area contributed by atoms with E-state index in [0.29, 0.717) is 19.3 Å². The van der Waals surface area contributed by atoms with Crippen LogP contribution in [0.15, 0.2) is 84.9 Å². The van der Waals surface area contributed by atoms with Gasteiger partial charge in [0.1, 0.15) is 18.7 Å². The molecule has 7 nitrogen and oxygen atoms in total. The van der Waals surface area contributed by atoms with Crippen molar-refractivity contribution in [3.05, 3.63) is 107 Å². The summed E-state index contributed by atoms with van der Waals surface area (Å²) in [6.07, 6.45) is 1.25. The summed E-state index contributed by atoms with van der Waals surface area (Å²) < 4.78 is 5.60. The first kappa shape index (κ1) is 26.1. The minimum Gasteiger partial charge on any atom is -0.480 e. The van der Waals surface area contributed by atoms with Crippen LogP contribution in [-0.2, 0) is 45.1 Å². The van der Waals surface area contributed by atoms with Gasteiger partial charge >= 0.3 is 11.9 Å². The largest absolute Gasteiger partial charge is 0.480 e. The summed E-state index contributed by atoms with van der Waals surface area (Å²) >= 11 is 0. The number of ether oxygens (including phenoxy) is 1. The lowest BCUT2D eigenvalue weighted by Crippen LogP contribution is -2.56. The van der Waals surface area contributed by atoms with Gasteiger partial charge in [-0.3, -0.25) is 14.9 Å². The number of fused-ring (bicyclic) bond motifs is 1. The lowest BCUT2D eigenvalue weighted by Gasteiger charge is -2.37. The van der Waals surface area contributed by atoms with E-state index in [9.17, 15) is 19.5 Å². The molecule has 3 aromatic rings. The fraction of sp³-hybridized carbons (Fsp3) is 0.300. The first-order chi connectivity index (χ1) is 17.9. The minimum atomic E-state index is -1.02. The number of hydrogen-bond donors (Lipinski definition) is 2. The second-order valence-corrected chi connectivity index (χ2v) is 9.35. The van der Waals surface area contributed by atoms with Crippen molar-refractivity contribution in [1.29, 1.82) is 0 Å². The SMILES string of the molecule is C[C@H](NC(CCc1ccccc1)C(=O)O)C(=O)N1Cc2ccccc2C[C@H]1C(=O)OCc1ccccc1. The molecule has 0 radical (unpaired) electrons. The molecule has 1 aliphatic heterocycles. The van der Waals surface area contributed by atoms with Crippen LogP contribution in [0.4, 0.5) is 0 Å². The number of aryl methyl sites for hydroxylation is 1. The number of carbonyl (C=O) groups excluding carboxylic acids is 2. The van der Waals surface area contributed by atoms with Crippen LogP contribution in [0, 0.1) is 0 Å². The predicted octanol–water partition coefficient (Wildman–Crippen LogP) is 3.75. The van der Waals surface area contributed by atoms with Gasteiger partial charge in [-0.2, -0.15) is 0 Å². The number of rotatable bonds is 10. The molecule has 3 atom stereocenters. The highest BCUT2D eigenvalue weighted by Crippen LogP contribution is 2.25. The normalized spacial score (nSPS) is 16.4. The molecule has 1 unspecified atom stereocenters. The van der Waals surface area contributed by atoms with Crippen molar-refractivity contribution in [2.24, 2.45) is 0 Å². The highest BCUT2D eigenvalue weighted by atomic mass is 16.5. The quantitative estimate of drug-likeness (QED) is 0.412. The van der Waals surface area contributed by atoms with Crippen LogP contribution >= 0.6 is 0 Å². The number of nitrogens with one attached hydrogen (secondary N) is 1. The molecule has 0 aromatic heterocycles. The molecule has 1 amide bonds. The monoisotopic (exact) mass is 500 g/mol. The average Bonchev–Trinajstić information content (AvgIpc) is 2.93. The molecule has 0 saturated heterocycles. The van der Waals surface area contributed by atoms with Gasteiger partial charge in [0.2, 0.25) is 5.91 Å². The van der Waals surface area contributed by atoms with Gasteiger partial charge in [0.25, 0.3) is 0 Å². The van der Waals surface area contributed by atoms with Crippen molar-refractivity contribution in [2.75, 3.05) is 0 Å². The highest BCUT2D eigenvalue weighted by Gasteiger charge is 2.38.